The van der Waals surface area contributed by atoms with Crippen LogP contribution < -0.4 is 0 Å². The molecule has 5 aromatic rings. The van der Waals surface area contributed by atoms with Crippen LogP contribution in [0.3, 0.4) is 0 Å². The van der Waals surface area contributed by atoms with E-state index in [1.807, 2.05) is 11.3 Å². The van der Waals surface area contributed by atoms with Gasteiger partial charge in [-0.25, -0.2) is 0 Å². The number of hydrogen-bond donors (Lipinski definition) is 0. The van der Waals surface area contributed by atoms with Crippen molar-refractivity contribution in [3.63, 3.8) is 0 Å². The van der Waals surface area contributed by atoms with Crippen LogP contribution in [0.25, 0.3) is 42.9 Å². The Kier molecular flexibility index (Phi) is 3.14. The average molecular weight is 360 g/mol. The second-order valence-electron chi connectivity index (χ2n) is 7.00. The summed E-state index contributed by atoms with van der Waals surface area (Å²) < 4.78 is 2.71. The quantitative estimate of drug-likeness (QED) is 0.283. The van der Waals surface area contributed by atoms with Crippen LogP contribution in [0.1, 0.15) is 16.7 Å². The van der Waals surface area contributed by atoms with Crippen LogP contribution in [0.4, 0.5) is 0 Å². The van der Waals surface area contributed by atoms with Gasteiger partial charge in [-0.3, -0.25) is 0 Å². The second-order valence-corrected chi connectivity index (χ2v) is 8.09. The molecule has 126 valence electrons. The summed E-state index contributed by atoms with van der Waals surface area (Å²) in [6.07, 6.45) is 2.34. The van der Waals surface area contributed by atoms with Gasteiger partial charge in [-0.15, -0.1) is 11.3 Å². The zero-order chi connectivity index (χ0) is 17.8. The lowest BCUT2D eigenvalue weighted by Gasteiger charge is -2.04. The molecule has 6 rings (SSSR count). The summed E-state index contributed by atoms with van der Waals surface area (Å²) in [4.78, 5) is 0. The van der Waals surface area contributed by atoms with E-state index in [0.29, 0.717) is 0 Å². The van der Waals surface area contributed by atoms with Crippen LogP contribution in [0, 0.1) is 0 Å². The molecule has 0 aliphatic heterocycles. The van der Waals surface area contributed by atoms with Gasteiger partial charge in [0.15, 0.2) is 0 Å². The van der Waals surface area contributed by atoms with Gasteiger partial charge in [0.25, 0.3) is 0 Å². The molecule has 1 aliphatic rings. The van der Waals surface area contributed by atoms with Crippen molar-refractivity contribution in [2.45, 2.75) is 0 Å². The van der Waals surface area contributed by atoms with Gasteiger partial charge in [0.2, 0.25) is 0 Å². The van der Waals surface area contributed by atoms with Gasteiger partial charge >= 0.3 is 0 Å². The minimum atomic E-state index is 1.26. The predicted molar refractivity (Wildman–Crippen MR) is 118 cm³/mol. The first-order valence-corrected chi connectivity index (χ1v) is 10.0. The smallest absolute Gasteiger partial charge is 0.0355 e. The van der Waals surface area contributed by atoms with E-state index >= 15 is 0 Å². The van der Waals surface area contributed by atoms with Crippen molar-refractivity contribution in [3.05, 3.63) is 108 Å². The maximum absolute atomic E-state index is 2.34. The van der Waals surface area contributed by atoms with E-state index in [0.717, 1.165) is 0 Å². The van der Waals surface area contributed by atoms with Crippen LogP contribution in [0.2, 0.25) is 0 Å². The first kappa shape index (κ1) is 15.0. The lowest BCUT2D eigenvalue weighted by atomic mass is 10.0. The van der Waals surface area contributed by atoms with Gasteiger partial charge in [0.05, 0.1) is 0 Å². The molecule has 1 heteroatoms. The Morgan fingerprint density at radius 2 is 1.11 bits per heavy atom. The lowest BCUT2D eigenvalue weighted by molar-refractivity contribution is 1.65. The molecule has 1 aliphatic carbocycles. The van der Waals surface area contributed by atoms with E-state index < -0.39 is 0 Å². The molecule has 27 heavy (non-hydrogen) atoms. The Balaban J connectivity index is 1.60. The van der Waals surface area contributed by atoms with Gasteiger partial charge in [-0.2, -0.15) is 0 Å². The summed E-state index contributed by atoms with van der Waals surface area (Å²) in [7, 11) is 0. The predicted octanol–water partition coefficient (Wildman–Crippen LogP) is 7.62. The van der Waals surface area contributed by atoms with Crippen molar-refractivity contribution in [3.8, 4) is 11.1 Å². The Labute approximate surface area is 162 Å². The molecular weight excluding hydrogens is 344 g/mol. The zero-order valence-electron chi connectivity index (χ0n) is 14.6. The van der Waals surface area contributed by atoms with Crippen molar-refractivity contribution in [1.29, 1.82) is 0 Å². The summed E-state index contributed by atoms with van der Waals surface area (Å²) >= 11 is 1.87. The van der Waals surface area contributed by atoms with Crippen molar-refractivity contribution < 1.29 is 0 Å². The SMILES string of the molecule is C(=C1c2ccccc2-c2ccccc21)c1ccc2sc3ccccc3c2c1. The third-order valence-corrected chi connectivity index (χ3v) is 6.59. The monoisotopic (exact) mass is 360 g/mol. The number of hydrogen-bond acceptors (Lipinski definition) is 1. The Bertz CT molecular complexity index is 1320. The van der Waals surface area contributed by atoms with Crippen molar-refractivity contribution in [2.75, 3.05) is 0 Å². The molecule has 1 heterocycles. The highest BCUT2D eigenvalue weighted by molar-refractivity contribution is 7.25. The van der Waals surface area contributed by atoms with E-state index in [1.54, 1.807) is 0 Å². The zero-order valence-corrected chi connectivity index (χ0v) is 15.5. The van der Waals surface area contributed by atoms with Crippen molar-refractivity contribution in [2.24, 2.45) is 0 Å². The first-order valence-electron chi connectivity index (χ1n) is 9.21. The van der Waals surface area contributed by atoms with E-state index in [9.17, 15) is 0 Å². The van der Waals surface area contributed by atoms with Gasteiger partial charge in [-0.1, -0.05) is 72.8 Å². The van der Waals surface area contributed by atoms with E-state index in [4.69, 9.17) is 0 Å². The molecule has 4 aromatic carbocycles. The normalized spacial score (nSPS) is 12.4. The summed E-state index contributed by atoms with van der Waals surface area (Å²) in [6.45, 7) is 0. The molecule has 0 amide bonds. The van der Waals surface area contributed by atoms with Crippen LogP contribution in [0.15, 0.2) is 91.0 Å². The Morgan fingerprint density at radius 3 is 1.85 bits per heavy atom. The molecule has 0 nitrogen and oxygen atoms in total. The fourth-order valence-electron chi connectivity index (χ4n) is 4.21. The standard InChI is InChI=1S/C26H16S/c1-3-9-20-18(7-1)19-8-2-4-10-21(19)23(20)15-17-13-14-26-24(16-17)22-11-5-6-12-25(22)27-26/h1-16H. The Hall–Kier alpha value is -3.16. The van der Waals surface area contributed by atoms with Crippen molar-refractivity contribution in [1.82, 2.24) is 0 Å². The average Bonchev–Trinajstić information content (AvgIpc) is 3.25. The summed E-state index contributed by atoms with van der Waals surface area (Å²) in [5.74, 6) is 0. The number of fused-ring (bicyclic) bond motifs is 6. The van der Waals surface area contributed by atoms with Crippen LogP contribution in [-0.4, -0.2) is 0 Å². The van der Waals surface area contributed by atoms with E-state index in [2.05, 4.69) is 97.1 Å². The van der Waals surface area contributed by atoms with Crippen LogP contribution >= 0.6 is 11.3 Å². The number of benzene rings is 4. The molecule has 0 unspecified atom stereocenters. The molecule has 0 radical (unpaired) electrons. The molecule has 0 saturated carbocycles. The molecule has 0 N–H and O–H groups in total. The third-order valence-electron chi connectivity index (χ3n) is 5.44. The van der Waals surface area contributed by atoms with Gasteiger partial charge in [-0.05, 0) is 57.7 Å². The Morgan fingerprint density at radius 1 is 0.519 bits per heavy atom. The summed E-state index contributed by atoms with van der Waals surface area (Å²) in [5, 5.41) is 2.70. The summed E-state index contributed by atoms with van der Waals surface area (Å²) in [6, 6.07) is 33.0. The number of thiophene rings is 1. The fraction of sp³-hybridized carbons (Fsp3) is 0. The molecule has 0 bridgehead atoms. The minimum Gasteiger partial charge on any atom is -0.135 e. The second kappa shape index (κ2) is 5.67. The molecule has 0 saturated heterocycles. The molecule has 0 spiro atoms. The molecule has 0 atom stereocenters. The molecule has 0 fully saturated rings. The highest BCUT2D eigenvalue weighted by atomic mass is 32.1. The van der Waals surface area contributed by atoms with Crippen LogP contribution in [0.5, 0.6) is 0 Å². The fourth-order valence-corrected chi connectivity index (χ4v) is 5.29. The summed E-state index contributed by atoms with van der Waals surface area (Å²) in [5.41, 5.74) is 7.90. The molecule has 1 aromatic heterocycles. The van der Waals surface area contributed by atoms with E-state index in [-0.39, 0.29) is 0 Å². The first-order chi connectivity index (χ1) is 13.4. The lowest BCUT2D eigenvalue weighted by Crippen LogP contribution is -1.82. The maximum atomic E-state index is 2.34. The highest BCUT2D eigenvalue weighted by Crippen LogP contribution is 2.45. The topological polar surface area (TPSA) is 0 Å². The highest BCUT2D eigenvalue weighted by Gasteiger charge is 2.22. The van der Waals surface area contributed by atoms with Crippen molar-refractivity contribution >= 4 is 43.2 Å². The number of rotatable bonds is 1. The van der Waals surface area contributed by atoms with Gasteiger partial charge in [0, 0.05) is 20.2 Å². The largest absolute Gasteiger partial charge is 0.135 e. The van der Waals surface area contributed by atoms with E-state index in [1.165, 1.54) is 53.6 Å². The minimum absolute atomic E-state index is 1.26. The van der Waals surface area contributed by atoms with Gasteiger partial charge < -0.3 is 0 Å². The van der Waals surface area contributed by atoms with Gasteiger partial charge in [0.1, 0.15) is 0 Å². The van der Waals surface area contributed by atoms with Crippen LogP contribution in [-0.2, 0) is 0 Å². The third kappa shape index (κ3) is 2.22. The maximum Gasteiger partial charge on any atom is 0.0355 e. The molecular formula is C26H16S.